The van der Waals surface area contributed by atoms with Crippen molar-refractivity contribution in [1.29, 1.82) is 0 Å². The molecule has 80 valence electrons. The average Bonchev–Trinajstić information content (AvgIpc) is 2.67. The lowest BCUT2D eigenvalue weighted by molar-refractivity contribution is 0.0932. The van der Waals surface area contributed by atoms with Gasteiger partial charge in [-0.1, -0.05) is 12.2 Å². The highest BCUT2D eigenvalue weighted by Gasteiger charge is 2.40. The average molecular weight is 212 g/mol. The SMILES string of the molecule is O=C(O)OC1=C(OC(=O)O)C2C=CC1C2. The van der Waals surface area contributed by atoms with Crippen LogP contribution in [0.5, 0.6) is 0 Å². The normalized spacial score (nSPS) is 26.9. The lowest BCUT2D eigenvalue weighted by atomic mass is 10.1. The monoisotopic (exact) mass is 212 g/mol. The molecule has 2 atom stereocenters. The molecule has 2 rings (SSSR count). The third-order valence-electron chi connectivity index (χ3n) is 2.39. The smallest absolute Gasteiger partial charge is 0.449 e. The molecule has 2 aliphatic carbocycles. The summed E-state index contributed by atoms with van der Waals surface area (Å²) < 4.78 is 9.03. The van der Waals surface area contributed by atoms with Crippen molar-refractivity contribution in [3.8, 4) is 0 Å². The Morgan fingerprint density at radius 3 is 1.80 bits per heavy atom. The third kappa shape index (κ3) is 1.65. The summed E-state index contributed by atoms with van der Waals surface area (Å²) >= 11 is 0. The Morgan fingerprint density at radius 2 is 1.47 bits per heavy atom. The molecule has 6 nitrogen and oxygen atoms in total. The van der Waals surface area contributed by atoms with E-state index in [1.54, 1.807) is 12.2 Å². The predicted octanol–water partition coefficient (Wildman–Crippen LogP) is 1.79. The van der Waals surface area contributed by atoms with Gasteiger partial charge < -0.3 is 19.7 Å². The molecule has 0 aromatic heterocycles. The first kappa shape index (κ1) is 9.57. The van der Waals surface area contributed by atoms with Crippen LogP contribution in [0, 0.1) is 11.8 Å². The first-order valence-corrected chi connectivity index (χ1v) is 4.32. The lowest BCUT2D eigenvalue weighted by Gasteiger charge is -2.12. The number of hydrogen-bond donors (Lipinski definition) is 2. The first-order valence-electron chi connectivity index (χ1n) is 4.32. The van der Waals surface area contributed by atoms with Crippen LogP contribution >= 0.6 is 0 Å². The first-order chi connectivity index (χ1) is 7.08. The highest BCUT2D eigenvalue weighted by atomic mass is 16.7. The fourth-order valence-electron chi connectivity index (χ4n) is 1.89. The van der Waals surface area contributed by atoms with Gasteiger partial charge in [0.2, 0.25) is 0 Å². The molecule has 0 fully saturated rings. The van der Waals surface area contributed by atoms with Crippen LogP contribution in [0.15, 0.2) is 23.7 Å². The van der Waals surface area contributed by atoms with Crippen LogP contribution < -0.4 is 0 Å². The summed E-state index contributed by atoms with van der Waals surface area (Å²) in [6.07, 6.45) is 1.27. The fraction of sp³-hybridized carbons (Fsp3) is 0.333. The molecule has 15 heavy (non-hydrogen) atoms. The van der Waals surface area contributed by atoms with Gasteiger partial charge in [-0.15, -0.1) is 0 Å². The highest BCUT2D eigenvalue weighted by molar-refractivity contribution is 5.62. The van der Waals surface area contributed by atoms with E-state index in [1.807, 2.05) is 0 Å². The summed E-state index contributed by atoms with van der Waals surface area (Å²) in [5, 5.41) is 16.9. The molecule has 0 heterocycles. The molecule has 0 saturated heterocycles. The van der Waals surface area contributed by atoms with Crippen LogP contribution in [0.2, 0.25) is 0 Å². The molecular formula is C9H8O6. The molecule has 0 aromatic rings. The number of carboxylic acid groups (broad SMARTS) is 2. The number of carbonyl (C=O) groups is 2. The van der Waals surface area contributed by atoms with Crippen LogP contribution in [0.25, 0.3) is 0 Å². The van der Waals surface area contributed by atoms with Crippen LogP contribution in [0.1, 0.15) is 6.42 Å². The van der Waals surface area contributed by atoms with Gasteiger partial charge in [0, 0.05) is 11.8 Å². The van der Waals surface area contributed by atoms with Crippen LogP contribution in [-0.4, -0.2) is 22.5 Å². The van der Waals surface area contributed by atoms with Crippen molar-refractivity contribution in [2.75, 3.05) is 0 Å². The molecule has 0 radical (unpaired) electrons. The highest BCUT2D eigenvalue weighted by Crippen LogP contribution is 2.44. The van der Waals surface area contributed by atoms with E-state index < -0.39 is 12.3 Å². The topological polar surface area (TPSA) is 93.1 Å². The largest absolute Gasteiger partial charge is 0.511 e. The number of rotatable bonds is 2. The Balaban J connectivity index is 2.23. The van der Waals surface area contributed by atoms with Gasteiger partial charge in [-0.25, -0.2) is 9.59 Å². The van der Waals surface area contributed by atoms with E-state index in [9.17, 15) is 9.59 Å². The zero-order valence-corrected chi connectivity index (χ0v) is 7.54. The second kappa shape index (κ2) is 3.30. The summed E-state index contributed by atoms with van der Waals surface area (Å²) in [7, 11) is 0. The van der Waals surface area contributed by atoms with Crippen molar-refractivity contribution in [2.45, 2.75) is 6.42 Å². The Bertz CT molecular complexity index is 346. The summed E-state index contributed by atoms with van der Waals surface area (Å²) in [5.74, 6) is -0.171. The molecule has 0 saturated carbocycles. The molecule has 6 heteroatoms. The van der Waals surface area contributed by atoms with E-state index in [1.165, 1.54) is 0 Å². The van der Waals surface area contributed by atoms with Crippen molar-refractivity contribution in [2.24, 2.45) is 11.8 Å². The second-order valence-corrected chi connectivity index (χ2v) is 3.30. The summed E-state index contributed by atoms with van der Waals surface area (Å²) in [5.41, 5.74) is 0. The van der Waals surface area contributed by atoms with E-state index in [-0.39, 0.29) is 23.4 Å². The Labute approximate surface area is 84.4 Å². The third-order valence-corrected chi connectivity index (χ3v) is 2.39. The van der Waals surface area contributed by atoms with Crippen molar-refractivity contribution < 1.29 is 29.3 Å². The van der Waals surface area contributed by atoms with E-state index in [2.05, 4.69) is 9.47 Å². The number of fused-ring (bicyclic) bond motifs is 2. The number of hydrogen-bond acceptors (Lipinski definition) is 4. The molecule has 2 N–H and O–H groups in total. The molecule has 2 aliphatic rings. The van der Waals surface area contributed by atoms with Gasteiger partial charge in [0.1, 0.15) is 0 Å². The van der Waals surface area contributed by atoms with Gasteiger partial charge in [-0.05, 0) is 6.42 Å². The van der Waals surface area contributed by atoms with Gasteiger partial charge in [-0.2, -0.15) is 0 Å². The molecule has 0 amide bonds. The minimum absolute atomic E-state index is 0.0948. The summed E-state index contributed by atoms with van der Waals surface area (Å²) in [4.78, 5) is 20.8. The summed E-state index contributed by atoms with van der Waals surface area (Å²) in [6.45, 7) is 0. The Hall–Kier alpha value is -1.98. The Morgan fingerprint density at radius 1 is 1.07 bits per heavy atom. The van der Waals surface area contributed by atoms with Crippen LogP contribution in [0.4, 0.5) is 9.59 Å². The Kier molecular flexibility index (Phi) is 2.11. The van der Waals surface area contributed by atoms with Gasteiger partial charge in [-0.3, -0.25) is 0 Å². The van der Waals surface area contributed by atoms with Gasteiger partial charge in [0.25, 0.3) is 0 Å². The fourth-order valence-corrected chi connectivity index (χ4v) is 1.89. The minimum Gasteiger partial charge on any atom is -0.449 e. The van der Waals surface area contributed by atoms with E-state index in [0.29, 0.717) is 6.42 Å². The van der Waals surface area contributed by atoms with Crippen LogP contribution in [-0.2, 0) is 9.47 Å². The quantitative estimate of drug-likeness (QED) is 0.535. The van der Waals surface area contributed by atoms with Gasteiger partial charge in [0.15, 0.2) is 11.5 Å². The van der Waals surface area contributed by atoms with Crippen molar-refractivity contribution in [1.82, 2.24) is 0 Å². The van der Waals surface area contributed by atoms with E-state index >= 15 is 0 Å². The van der Waals surface area contributed by atoms with Crippen LogP contribution in [0.3, 0.4) is 0 Å². The van der Waals surface area contributed by atoms with E-state index in [0.717, 1.165) is 0 Å². The maximum absolute atomic E-state index is 10.4. The molecule has 0 aromatic carbocycles. The zero-order chi connectivity index (χ0) is 11.0. The van der Waals surface area contributed by atoms with Crippen molar-refractivity contribution in [3.63, 3.8) is 0 Å². The molecule has 2 bridgehead atoms. The van der Waals surface area contributed by atoms with Gasteiger partial charge in [0.05, 0.1) is 0 Å². The second-order valence-electron chi connectivity index (χ2n) is 3.30. The minimum atomic E-state index is -1.46. The molecular weight excluding hydrogens is 204 g/mol. The summed E-state index contributed by atoms with van der Waals surface area (Å²) in [6, 6.07) is 0. The number of allylic oxidation sites excluding steroid dienone is 2. The van der Waals surface area contributed by atoms with Gasteiger partial charge >= 0.3 is 12.3 Å². The van der Waals surface area contributed by atoms with Crippen molar-refractivity contribution in [3.05, 3.63) is 23.7 Å². The lowest BCUT2D eigenvalue weighted by Crippen LogP contribution is -2.11. The molecule has 2 unspecified atom stereocenters. The zero-order valence-electron chi connectivity index (χ0n) is 7.54. The van der Waals surface area contributed by atoms with Crippen molar-refractivity contribution >= 4 is 12.3 Å². The molecule has 0 spiro atoms. The maximum atomic E-state index is 10.4. The number of ether oxygens (including phenoxy) is 2. The predicted molar refractivity (Wildman–Crippen MR) is 46.0 cm³/mol. The van der Waals surface area contributed by atoms with E-state index in [4.69, 9.17) is 10.2 Å². The molecule has 0 aliphatic heterocycles. The maximum Gasteiger partial charge on any atom is 0.511 e. The standard InChI is InChI=1S/C9H8O6/c10-8(11)14-6-4-1-2-5(3-4)7(6)15-9(12)13/h1-2,4-5H,3H2,(H,10,11)(H,12,13).